The van der Waals surface area contributed by atoms with Crippen molar-refractivity contribution in [2.45, 2.75) is 12.6 Å². The van der Waals surface area contributed by atoms with Crippen LogP contribution in [0.3, 0.4) is 0 Å². The number of carbonyl (C=O) groups excluding carboxylic acids is 1. The van der Waals surface area contributed by atoms with Gasteiger partial charge in [-0.25, -0.2) is 18.9 Å². The molecule has 3 aromatic rings. The van der Waals surface area contributed by atoms with Crippen molar-refractivity contribution in [1.82, 2.24) is 25.4 Å². The third kappa shape index (κ3) is 4.42. The number of aliphatic hydroxyl groups excluding tert-OH is 1. The lowest BCUT2D eigenvalue weighted by Gasteiger charge is -2.13. The molecule has 8 heteroatoms. The number of urea groups is 1. The van der Waals surface area contributed by atoms with E-state index in [4.69, 9.17) is 0 Å². The highest BCUT2D eigenvalue weighted by Crippen LogP contribution is 2.15. The SMILES string of the molecule is O=C(NCc1ccnc(-n2cccn2)c1)NCC(O)c1ccccc1F. The van der Waals surface area contributed by atoms with Gasteiger partial charge in [0, 0.05) is 37.2 Å². The third-order valence-corrected chi connectivity index (χ3v) is 3.72. The number of nitrogens with zero attached hydrogens (tertiary/aromatic N) is 3. The van der Waals surface area contributed by atoms with E-state index in [1.165, 1.54) is 18.2 Å². The maximum atomic E-state index is 13.6. The normalized spacial score (nSPS) is 11.8. The molecule has 2 aromatic heterocycles. The molecular weight excluding hydrogens is 337 g/mol. The Bertz CT molecular complexity index is 870. The number of hydrogen-bond acceptors (Lipinski definition) is 4. The van der Waals surface area contributed by atoms with Crippen LogP contribution in [0.25, 0.3) is 5.82 Å². The van der Waals surface area contributed by atoms with Gasteiger partial charge in [-0.1, -0.05) is 18.2 Å². The first kappa shape index (κ1) is 17.6. The Labute approximate surface area is 149 Å². The van der Waals surface area contributed by atoms with E-state index in [-0.39, 0.29) is 18.7 Å². The third-order valence-electron chi connectivity index (χ3n) is 3.72. The van der Waals surface area contributed by atoms with Crippen molar-refractivity contribution in [1.29, 1.82) is 0 Å². The lowest BCUT2D eigenvalue weighted by molar-refractivity contribution is 0.169. The van der Waals surface area contributed by atoms with E-state index < -0.39 is 18.0 Å². The molecule has 0 aliphatic heterocycles. The van der Waals surface area contributed by atoms with Gasteiger partial charge in [0.25, 0.3) is 0 Å². The van der Waals surface area contributed by atoms with E-state index in [1.807, 2.05) is 6.07 Å². The molecule has 2 amide bonds. The lowest BCUT2D eigenvalue weighted by atomic mass is 10.1. The summed E-state index contributed by atoms with van der Waals surface area (Å²) >= 11 is 0. The Morgan fingerprint density at radius 3 is 2.81 bits per heavy atom. The fraction of sp³-hybridized carbons (Fsp3) is 0.167. The van der Waals surface area contributed by atoms with Crippen molar-refractivity contribution >= 4 is 6.03 Å². The molecule has 0 fully saturated rings. The minimum atomic E-state index is -1.12. The van der Waals surface area contributed by atoms with Crippen molar-refractivity contribution in [2.75, 3.05) is 6.54 Å². The number of aromatic nitrogens is 3. The quantitative estimate of drug-likeness (QED) is 0.630. The Morgan fingerprint density at radius 1 is 1.19 bits per heavy atom. The molecule has 3 rings (SSSR count). The smallest absolute Gasteiger partial charge is 0.315 e. The zero-order valence-corrected chi connectivity index (χ0v) is 13.8. The van der Waals surface area contributed by atoms with Crippen LogP contribution in [0, 0.1) is 5.82 Å². The van der Waals surface area contributed by atoms with Crippen LogP contribution in [0.5, 0.6) is 0 Å². The molecule has 1 unspecified atom stereocenters. The summed E-state index contributed by atoms with van der Waals surface area (Å²) in [6, 6.07) is 10.8. The minimum Gasteiger partial charge on any atom is -0.386 e. The van der Waals surface area contributed by atoms with Gasteiger partial charge >= 0.3 is 6.03 Å². The number of rotatable bonds is 6. The number of hydrogen-bond donors (Lipinski definition) is 3. The van der Waals surface area contributed by atoms with Gasteiger partial charge in [-0.2, -0.15) is 5.10 Å². The topological polar surface area (TPSA) is 92.1 Å². The second-order valence-electron chi connectivity index (χ2n) is 5.57. The van der Waals surface area contributed by atoms with Gasteiger partial charge in [-0.3, -0.25) is 0 Å². The van der Waals surface area contributed by atoms with Crippen LogP contribution in [-0.2, 0) is 6.54 Å². The van der Waals surface area contributed by atoms with Crippen LogP contribution in [0.4, 0.5) is 9.18 Å². The number of nitrogens with one attached hydrogen (secondary N) is 2. The van der Waals surface area contributed by atoms with Crippen LogP contribution in [0.2, 0.25) is 0 Å². The summed E-state index contributed by atoms with van der Waals surface area (Å²) in [6.45, 7) is 0.181. The van der Waals surface area contributed by atoms with E-state index in [0.717, 1.165) is 5.56 Å². The summed E-state index contributed by atoms with van der Waals surface area (Å²) in [5.41, 5.74) is 0.987. The molecule has 0 aliphatic rings. The molecule has 0 aliphatic carbocycles. The zero-order valence-electron chi connectivity index (χ0n) is 13.8. The molecule has 26 heavy (non-hydrogen) atoms. The minimum absolute atomic E-state index is 0.0956. The van der Waals surface area contributed by atoms with Crippen molar-refractivity contribution in [2.24, 2.45) is 0 Å². The highest BCUT2D eigenvalue weighted by molar-refractivity contribution is 5.73. The van der Waals surface area contributed by atoms with Gasteiger partial charge in [0.15, 0.2) is 5.82 Å². The number of carbonyl (C=O) groups is 1. The summed E-state index contributed by atoms with van der Waals surface area (Å²) in [6.07, 6.45) is 3.94. The lowest BCUT2D eigenvalue weighted by Crippen LogP contribution is -2.37. The number of amides is 2. The van der Waals surface area contributed by atoms with Crippen molar-refractivity contribution < 1.29 is 14.3 Å². The molecule has 0 radical (unpaired) electrons. The molecule has 1 aromatic carbocycles. The largest absolute Gasteiger partial charge is 0.386 e. The Hall–Kier alpha value is -3.26. The van der Waals surface area contributed by atoms with Crippen LogP contribution < -0.4 is 10.6 Å². The van der Waals surface area contributed by atoms with Crippen molar-refractivity contribution in [3.05, 3.63) is 78.0 Å². The zero-order chi connectivity index (χ0) is 18.4. The van der Waals surface area contributed by atoms with Gasteiger partial charge in [-0.15, -0.1) is 0 Å². The van der Waals surface area contributed by atoms with Crippen molar-refractivity contribution in [3.63, 3.8) is 0 Å². The van der Waals surface area contributed by atoms with E-state index in [0.29, 0.717) is 5.82 Å². The summed E-state index contributed by atoms with van der Waals surface area (Å²) in [7, 11) is 0. The highest BCUT2D eigenvalue weighted by Gasteiger charge is 2.13. The number of pyridine rings is 1. The summed E-state index contributed by atoms with van der Waals surface area (Å²) in [4.78, 5) is 16.1. The van der Waals surface area contributed by atoms with Gasteiger partial charge in [0.1, 0.15) is 5.82 Å². The van der Waals surface area contributed by atoms with E-state index >= 15 is 0 Å². The molecule has 0 spiro atoms. The summed E-state index contributed by atoms with van der Waals surface area (Å²) in [5.74, 6) is 0.134. The first-order valence-electron chi connectivity index (χ1n) is 8.02. The summed E-state index contributed by atoms with van der Waals surface area (Å²) < 4.78 is 15.2. The molecule has 7 nitrogen and oxygen atoms in total. The predicted molar refractivity (Wildman–Crippen MR) is 93.0 cm³/mol. The molecule has 1 atom stereocenters. The Kier molecular flexibility index (Phi) is 5.55. The highest BCUT2D eigenvalue weighted by atomic mass is 19.1. The molecule has 0 saturated heterocycles. The summed E-state index contributed by atoms with van der Waals surface area (Å²) in [5, 5.41) is 19.3. The Morgan fingerprint density at radius 2 is 2.04 bits per heavy atom. The van der Waals surface area contributed by atoms with E-state index in [9.17, 15) is 14.3 Å². The number of aliphatic hydroxyl groups is 1. The van der Waals surface area contributed by atoms with Gasteiger partial charge in [-0.05, 0) is 29.8 Å². The second-order valence-corrected chi connectivity index (χ2v) is 5.57. The van der Waals surface area contributed by atoms with Crippen LogP contribution in [-0.4, -0.2) is 32.4 Å². The second kappa shape index (κ2) is 8.21. The first-order chi connectivity index (χ1) is 12.6. The first-order valence-corrected chi connectivity index (χ1v) is 8.02. The molecule has 3 N–H and O–H groups in total. The fourth-order valence-electron chi connectivity index (χ4n) is 2.39. The van der Waals surface area contributed by atoms with Crippen LogP contribution in [0.15, 0.2) is 61.1 Å². The maximum Gasteiger partial charge on any atom is 0.315 e. The standard InChI is InChI=1S/C18H18FN5O2/c19-15-5-2-1-4-14(15)16(25)12-22-18(26)21-11-13-6-8-20-17(10-13)24-9-3-7-23-24/h1-10,16,25H,11-12H2,(H2,21,22,26). The van der Waals surface area contributed by atoms with Crippen LogP contribution >= 0.6 is 0 Å². The molecule has 2 heterocycles. The Balaban J connectivity index is 1.50. The molecule has 0 bridgehead atoms. The predicted octanol–water partition coefficient (Wildman–Crippen LogP) is 1.94. The average Bonchev–Trinajstić information content (AvgIpc) is 3.20. The number of benzene rings is 1. The van der Waals surface area contributed by atoms with Crippen molar-refractivity contribution in [3.8, 4) is 5.82 Å². The number of halogens is 1. The maximum absolute atomic E-state index is 13.6. The van der Waals surface area contributed by atoms with Gasteiger partial charge < -0.3 is 15.7 Å². The monoisotopic (exact) mass is 355 g/mol. The average molecular weight is 355 g/mol. The van der Waals surface area contributed by atoms with Crippen LogP contribution in [0.1, 0.15) is 17.2 Å². The molecule has 134 valence electrons. The van der Waals surface area contributed by atoms with E-state index in [2.05, 4.69) is 20.7 Å². The van der Waals surface area contributed by atoms with Gasteiger partial charge in [0.05, 0.1) is 6.10 Å². The fourth-order valence-corrected chi connectivity index (χ4v) is 2.39. The molecular formula is C18H18FN5O2. The van der Waals surface area contributed by atoms with Gasteiger partial charge in [0.2, 0.25) is 0 Å². The molecule has 0 saturated carbocycles. The van der Waals surface area contributed by atoms with E-state index in [1.54, 1.807) is 41.5 Å².